The van der Waals surface area contributed by atoms with E-state index in [1.807, 2.05) is 13.8 Å². The molecule has 1 unspecified atom stereocenters. The zero-order valence-corrected chi connectivity index (χ0v) is 13.4. The van der Waals surface area contributed by atoms with E-state index in [2.05, 4.69) is 4.72 Å². The largest absolute Gasteiger partial charge is 0.329 e. The standard InChI is InChI=1S/C13H21N3O4S/c1-8(2)12(7-14)15-21(19,20)13-6-11(16(17)18)5-9(3)10(13)4/h5-6,8,12,15H,7,14H2,1-4H3. The van der Waals surface area contributed by atoms with Gasteiger partial charge in [-0.05, 0) is 30.9 Å². The highest BCUT2D eigenvalue weighted by Gasteiger charge is 2.26. The van der Waals surface area contributed by atoms with E-state index in [4.69, 9.17) is 5.73 Å². The lowest BCUT2D eigenvalue weighted by Gasteiger charge is -2.21. The van der Waals surface area contributed by atoms with E-state index >= 15 is 0 Å². The van der Waals surface area contributed by atoms with Gasteiger partial charge in [0.25, 0.3) is 5.69 Å². The third-order valence-electron chi connectivity index (χ3n) is 3.47. The SMILES string of the molecule is Cc1cc([N+](=O)[O-])cc(S(=O)(=O)NC(CN)C(C)C)c1C. The normalized spacial score (nSPS) is 13.4. The molecule has 8 heteroatoms. The zero-order valence-electron chi connectivity index (χ0n) is 12.6. The van der Waals surface area contributed by atoms with Gasteiger partial charge in [0.1, 0.15) is 0 Å². The molecule has 0 aromatic heterocycles. The summed E-state index contributed by atoms with van der Waals surface area (Å²) in [6.45, 7) is 7.13. The van der Waals surface area contributed by atoms with Gasteiger partial charge in [0.2, 0.25) is 10.0 Å². The minimum absolute atomic E-state index is 0.0184. The van der Waals surface area contributed by atoms with Gasteiger partial charge in [0.05, 0.1) is 9.82 Å². The predicted octanol–water partition coefficient (Wildman–Crippen LogP) is 1.47. The van der Waals surface area contributed by atoms with E-state index in [0.717, 1.165) is 6.07 Å². The van der Waals surface area contributed by atoms with Crippen molar-refractivity contribution in [2.45, 2.75) is 38.6 Å². The lowest BCUT2D eigenvalue weighted by atomic mass is 10.1. The molecule has 118 valence electrons. The Morgan fingerprint density at radius 2 is 1.90 bits per heavy atom. The monoisotopic (exact) mass is 315 g/mol. The van der Waals surface area contributed by atoms with Crippen molar-refractivity contribution in [1.82, 2.24) is 4.72 Å². The molecule has 0 radical (unpaired) electrons. The Balaban J connectivity index is 3.34. The molecule has 3 N–H and O–H groups in total. The first kappa shape index (κ1) is 17.5. The van der Waals surface area contributed by atoms with Crippen LogP contribution in [0.5, 0.6) is 0 Å². The van der Waals surface area contributed by atoms with E-state index < -0.39 is 21.0 Å². The highest BCUT2D eigenvalue weighted by Crippen LogP contribution is 2.25. The molecule has 1 aromatic rings. The van der Waals surface area contributed by atoms with Crippen molar-refractivity contribution in [2.24, 2.45) is 11.7 Å². The maximum atomic E-state index is 12.5. The Morgan fingerprint density at radius 3 is 2.33 bits per heavy atom. The Kier molecular flexibility index (Phi) is 5.43. The van der Waals surface area contributed by atoms with E-state index in [1.165, 1.54) is 6.07 Å². The van der Waals surface area contributed by atoms with Crippen LogP contribution in [0.2, 0.25) is 0 Å². The number of sulfonamides is 1. The van der Waals surface area contributed by atoms with Crippen molar-refractivity contribution in [1.29, 1.82) is 0 Å². The molecule has 0 saturated carbocycles. The maximum absolute atomic E-state index is 12.5. The molecule has 1 atom stereocenters. The first-order valence-corrected chi connectivity index (χ1v) is 8.06. The second-order valence-electron chi connectivity index (χ2n) is 5.35. The summed E-state index contributed by atoms with van der Waals surface area (Å²) in [6.07, 6.45) is 0. The van der Waals surface area contributed by atoms with Crippen LogP contribution in [0.25, 0.3) is 0 Å². The molecule has 0 aliphatic heterocycles. The maximum Gasteiger partial charge on any atom is 0.271 e. The Bertz CT molecular complexity index is 641. The summed E-state index contributed by atoms with van der Waals surface area (Å²) in [7, 11) is -3.86. The summed E-state index contributed by atoms with van der Waals surface area (Å²) in [5.41, 5.74) is 6.37. The molecule has 0 saturated heterocycles. The molecule has 0 aliphatic carbocycles. The van der Waals surface area contributed by atoms with E-state index in [-0.39, 0.29) is 23.0 Å². The van der Waals surface area contributed by atoms with Crippen molar-refractivity contribution >= 4 is 15.7 Å². The fourth-order valence-electron chi connectivity index (χ4n) is 1.91. The number of hydrogen-bond donors (Lipinski definition) is 2. The molecule has 0 aliphatic rings. The summed E-state index contributed by atoms with van der Waals surface area (Å²) < 4.78 is 27.4. The van der Waals surface area contributed by atoms with Gasteiger partial charge in [-0.25, -0.2) is 13.1 Å². The van der Waals surface area contributed by atoms with Crippen LogP contribution < -0.4 is 10.5 Å². The van der Waals surface area contributed by atoms with E-state index in [0.29, 0.717) is 11.1 Å². The van der Waals surface area contributed by atoms with Crippen LogP contribution in [0.3, 0.4) is 0 Å². The minimum Gasteiger partial charge on any atom is -0.329 e. The summed E-state index contributed by atoms with van der Waals surface area (Å²) in [6, 6.07) is 2.02. The summed E-state index contributed by atoms with van der Waals surface area (Å²) in [4.78, 5) is 10.2. The van der Waals surface area contributed by atoms with Gasteiger partial charge in [-0.2, -0.15) is 0 Å². The highest BCUT2D eigenvalue weighted by molar-refractivity contribution is 7.89. The Labute approximate surface area is 124 Å². The molecule has 0 spiro atoms. The Morgan fingerprint density at radius 1 is 1.33 bits per heavy atom. The first-order chi connectivity index (χ1) is 9.60. The minimum atomic E-state index is -3.86. The number of hydrogen-bond acceptors (Lipinski definition) is 5. The average Bonchev–Trinajstić information content (AvgIpc) is 2.38. The van der Waals surface area contributed by atoms with Gasteiger partial charge in [0.15, 0.2) is 0 Å². The first-order valence-electron chi connectivity index (χ1n) is 6.58. The van der Waals surface area contributed by atoms with Gasteiger partial charge < -0.3 is 5.73 Å². The van der Waals surface area contributed by atoms with Gasteiger partial charge in [0, 0.05) is 24.7 Å². The lowest BCUT2D eigenvalue weighted by molar-refractivity contribution is -0.385. The second-order valence-corrected chi connectivity index (χ2v) is 7.03. The number of rotatable bonds is 6. The average molecular weight is 315 g/mol. The van der Waals surface area contributed by atoms with Gasteiger partial charge in [-0.15, -0.1) is 0 Å². The predicted molar refractivity (Wildman–Crippen MR) is 80.6 cm³/mol. The van der Waals surface area contributed by atoms with E-state index in [9.17, 15) is 18.5 Å². The molecule has 0 bridgehead atoms. The van der Waals surface area contributed by atoms with Crippen molar-refractivity contribution in [3.05, 3.63) is 33.4 Å². The van der Waals surface area contributed by atoms with Crippen LogP contribution in [0, 0.1) is 29.9 Å². The number of aryl methyl sites for hydroxylation is 1. The molecule has 0 fully saturated rings. The smallest absolute Gasteiger partial charge is 0.271 e. The molecular formula is C13H21N3O4S. The number of nitrogens with zero attached hydrogens (tertiary/aromatic N) is 1. The number of nitrogens with one attached hydrogen (secondary N) is 1. The van der Waals surface area contributed by atoms with Gasteiger partial charge in [-0.1, -0.05) is 13.8 Å². The molecule has 21 heavy (non-hydrogen) atoms. The van der Waals surface area contributed by atoms with Crippen molar-refractivity contribution in [3.8, 4) is 0 Å². The molecule has 0 heterocycles. The van der Waals surface area contributed by atoms with Gasteiger partial charge in [-0.3, -0.25) is 10.1 Å². The second kappa shape index (κ2) is 6.50. The fraction of sp³-hybridized carbons (Fsp3) is 0.538. The molecule has 1 rings (SSSR count). The number of nitrogens with two attached hydrogens (primary N) is 1. The topological polar surface area (TPSA) is 115 Å². The molecule has 1 aromatic carbocycles. The van der Waals surface area contributed by atoms with Gasteiger partial charge >= 0.3 is 0 Å². The lowest BCUT2D eigenvalue weighted by Crippen LogP contribution is -2.43. The highest BCUT2D eigenvalue weighted by atomic mass is 32.2. The molecule has 7 nitrogen and oxygen atoms in total. The fourth-order valence-corrected chi connectivity index (χ4v) is 3.65. The van der Waals surface area contributed by atoms with Crippen LogP contribution in [0.4, 0.5) is 5.69 Å². The Hall–Kier alpha value is -1.51. The number of non-ortho nitro benzene ring substituents is 1. The van der Waals surface area contributed by atoms with Crippen LogP contribution in [-0.2, 0) is 10.0 Å². The van der Waals surface area contributed by atoms with Crippen LogP contribution in [0.1, 0.15) is 25.0 Å². The molecular weight excluding hydrogens is 294 g/mol. The van der Waals surface area contributed by atoms with E-state index in [1.54, 1.807) is 13.8 Å². The summed E-state index contributed by atoms with van der Waals surface area (Å²) in [5.74, 6) is 0.0184. The number of nitro groups is 1. The third-order valence-corrected chi connectivity index (χ3v) is 5.09. The molecule has 0 amide bonds. The number of nitro benzene ring substituents is 1. The van der Waals surface area contributed by atoms with Crippen molar-refractivity contribution in [3.63, 3.8) is 0 Å². The third kappa shape index (κ3) is 3.99. The number of benzene rings is 1. The zero-order chi connectivity index (χ0) is 16.4. The summed E-state index contributed by atoms with van der Waals surface area (Å²) >= 11 is 0. The van der Waals surface area contributed by atoms with Crippen LogP contribution in [0.15, 0.2) is 17.0 Å². The van der Waals surface area contributed by atoms with Crippen molar-refractivity contribution < 1.29 is 13.3 Å². The van der Waals surface area contributed by atoms with Crippen LogP contribution >= 0.6 is 0 Å². The van der Waals surface area contributed by atoms with Crippen LogP contribution in [-0.4, -0.2) is 25.9 Å². The quantitative estimate of drug-likeness (QED) is 0.609. The van der Waals surface area contributed by atoms with Crippen molar-refractivity contribution in [2.75, 3.05) is 6.54 Å². The summed E-state index contributed by atoms with van der Waals surface area (Å²) in [5, 5.41) is 10.9.